The molecule has 19 heavy (non-hydrogen) atoms. The Kier molecular flexibility index (Phi) is 4.99. The van der Waals surface area contributed by atoms with Gasteiger partial charge in [0.25, 0.3) is 0 Å². The van der Waals surface area contributed by atoms with Crippen LogP contribution in [0.5, 0.6) is 0 Å². The summed E-state index contributed by atoms with van der Waals surface area (Å²) in [5.74, 6) is 0. The molecule has 2 atom stereocenters. The first-order chi connectivity index (χ1) is 9.13. The molecule has 0 spiro atoms. The molecule has 0 saturated carbocycles. The zero-order valence-electron chi connectivity index (χ0n) is 12.5. The van der Waals surface area contributed by atoms with Crippen molar-refractivity contribution in [2.75, 3.05) is 13.1 Å². The maximum Gasteiger partial charge on any atom is 0.0538 e. The number of hydrogen-bond acceptors (Lipinski definition) is 3. The first-order valence-electron chi connectivity index (χ1n) is 7.63. The van der Waals surface area contributed by atoms with Gasteiger partial charge in [-0.3, -0.25) is 9.58 Å². The molecule has 0 bridgehead atoms. The average molecular weight is 264 g/mol. The van der Waals surface area contributed by atoms with Gasteiger partial charge in [0.15, 0.2) is 0 Å². The van der Waals surface area contributed by atoms with Crippen LogP contribution in [-0.4, -0.2) is 33.8 Å². The molecule has 1 aromatic rings. The smallest absolute Gasteiger partial charge is 0.0538 e. The predicted octanol–water partition coefficient (Wildman–Crippen LogP) is 2.73. The van der Waals surface area contributed by atoms with Gasteiger partial charge >= 0.3 is 0 Å². The first kappa shape index (κ1) is 14.5. The quantitative estimate of drug-likeness (QED) is 0.909. The lowest BCUT2D eigenvalue weighted by Gasteiger charge is -2.34. The van der Waals surface area contributed by atoms with Crippen LogP contribution in [0, 0.1) is 0 Å². The Hall–Kier alpha value is -0.870. The molecule has 0 aromatic carbocycles. The number of hydrogen-bond donors (Lipinski definition) is 1. The minimum atomic E-state index is 0.320. The summed E-state index contributed by atoms with van der Waals surface area (Å²) in [4.78, 5) is 2.58. The van der Waals surface area contributed by atoms with Gasteiger partial charge in [0.2, 0.25) is 0 Å². The molecule has 1 aliphatic rings. The maximum absolute atomic E-state index is 6.06. The number of nitrogens with two attached hydrogens (primary N) is 1. The van der Waals surface area contributed by atoms with Crippen LogP contribution in [0.3, 0.4) is 0 Å². The molecule has 2 N–H and O–H groups in total. The summed E-state index contributed by atoms with van der Waals surface area (Å²) >= 11 is 0. The molecule has 1 fully saturated rings. The van der Waals surface area contributed by atoms with Crippen LogP contribution in [-0.2, 0) is 0 Å². The van der Waals surface area contributed by atoms with Gasteiger partial charge in [-0.15, -0.1) is 0 Å². The third-order valence-electron chi connectivity index (χ3n) is 4.26. The van der Waals surface area contributed by atoms with Crippen molar-refractivity contribution >= 4 is 0 Å². The Morgan fingerprint density at radius 2 is 2.16 bits per heavy atom. The zero-order chi connectivity index (χ0) is 13.8. The molecule has 0 aliphatic carbocycles. The van der Waals surface area contributed by atoms with Crippen LogP contribution in [0.2, 0.25) is 0 Å². The third kappa shape index (κ3) is 3.37. The fourth-order valence-corrected chi connectivity index (χ4v) is 3.03. The van der Waals surface area contributed by atoms with Crippen LogP contribution in [0.4, 0.5) is 0 Å². The van der Waals surface area contributed by atoms with Gasteiger partial charge in [0.05, 0.1) is 12.2 Å². The van der Waals surface area contributed by atoms with Crippen molar-refractivity contribution in [2.24, 2.45) is 5.73 Å². The molecule has 108 valence electrons. The van der Waals surface area contributed by atoms with Crippen molar-refractivity contribution in [3.63, 3.8) is 0 Å². The van der Waals surface area contributed by atoms with Crippen LogP contribution >= 0.6 is 0 Å². The highest BCUT2D eigenvalue weighted by Gasteiger charge is 2.26. The Labute approximate surface area is 117 Å². The zero-order valence-corrected chi connectivity index (χ0v) is 12.5. The highest BCUT2D eigenvalue weighted by Crippen LogP contribution is 2.27. The van der Waals surface area contributed by atoms with Crippen molar-refractivity contribution in [2.45, 2.75) is 64.6 Å². The Balaban J connectivity index is 2.17. The molecule has 4 heteroatoms. The molecular weight excluding hydrogens is 236 g/mol. The second-order valence-electron chi connectivity index (χ2n) is 6.04. The molecule has 1 aromatic heterocycles. The SMILES string of the molecule is CC1CCCCCN1C(CN)c1cnn(C(C)C)c1. The normalized spacial score (nSPS) is 23.5. The lowest BCUT2D eigenvalue weighted by molar-refractivity contribution is 0.150. The maximum atomic E-state index is 6.06. The number of rotatable bonds is 4. The molecule has 2 unspecified atom stereocenters. The highest BCUT2D eigenvalue weighted by molar-refractivity contribution is 5.12. The number of likely N-dealkylation sites (tertiary alicyclic amines) is 1. The van der Waals surface area contributed by atoms with Gasteiger partial charge in [-0.25, -0.2) is 0 Å². The Morgan fingerprint density at radius 1 is 1.37 bits per heavy atom. The minimum absolute atomic E-state index is 0.320. The molecule has 1 saturated heterocycles. The summed E-state index contributed by atoms with van der Waals surface area (Å²) < 4.78 is 2.03. The summed E-state index contributed by atoms with van der Waals surface area (Å²) in [5, 5.41) is 4.46. The van der Waals surface area contributed by atoms with Crippen LogP contribution in [0.1, 0.15) is 64.1 Å². The second kappa shape index (κ2) is 6.53. The summed E-state index contributed by atoms with van der Waals surface area (Å²) in [6.07, 6.45) is 9.44. The van der Waals surface area contributed by atoms with Gasteiger partial charge in [0, 0.05) is 30.4 Å². The molecule has 0 radical (unpaired) electrons. The topological polar surface area (TPSA) is 47.1 Å². The first-order valence-corrected chi connectivity index (χ1v) is 7.63. The monoisotopic (exact) mass is 264 g/mol. The molecular formula is C15H28N4. The second-order valence-corrected chi connectivity index (χ2v) is 6.04. The van der Waals surface area contributed by atoms with Crippen LogP contribution in [0.25, 0.3) is 0 Å². The molecule has 4 nitrogen and oxygen atoms in total. The largest absolute Gasteiger partial charge is 0.329 e. The van der Waals surface area contributed by atoms with E-state index in [2.05, 4.69) is 37.0 Å². The summed E-state index contributed by atoms with van der Waals surface area (Å²) in [5.41, 5.74) is 7.32. The van der Waals surface area contributed by atoms with E-state index >= 15 is 0 Å². The number of nitrogens with zero attached hydrogens (tertiary/aromatic N) is 3. The van der Waals surface area contributed by atoms with E-state index in [4.69, 9.17) is 5.73 Å². The van der Waals surface area contributed by atoms with Crippen molar-refractivity contribution in [1.82, 2.24) is 14.7 Å². The highest BCUT2D eigenvalue weighted by atomic mass is 15.3. The molecule has 0 amide bonds. The lowest BCUT2D eigenvalue weighted by Crippen LogP contribution is -2.39. The van der Waals surface area contributed by atoms with E-state index in [1.807, 2.05) is 10.9 Å². The van der Waals surface area contributed by atoms with Crippen molar-refractivity contribution in [3.8, 4) is 0 Å². The Morgan fingerprint density at radius 3 is 2.79 bits per heavy atom. The molecule has 2 rings (SSSR count). The van der Waals surface area contributed by atoms with E-state index in [1.54, 1.807) is 0 Å². The third-order valence-corrected chi connectivity index (χ3v) is 4.26. The van der Waals surface area contributed by atoms with Crippen molar-refractivity contribution in [3.05, 3.63) is 18.0 Å². The summed E-state index contributed by atoms with van der Waals surface area (Å²) in [6.45, 7) is 8.48. The lowest BCUT2D eigenvalue weighted by atomic mass is 10.1. The Bertz CT molecular complexity index is 385. The van der Waals surface area contributed by atoms with Crippen LogP contribution < -0.4 is 5.73 Å². The minimum Gasteiger partial charge on any atom is -0.329 e. The van der Waals surface area contributed by atoms with Crippen molar-refractivity contribution < 1.29 is 0 Å². The van der Waals surface area contributed by atoms with Gasteiger partial charge in [0.1, 0.15) is 0 Å². The fourth-order valence-electron chi connectivity index (χ4n) is 3.03. The van der Waals surface area contributed by atoms with E-state index in [0.29, 0.717) is 24.7 Å². The van der Waals surface area contributed by atoms with E-state index in [0.717, 1.165) is 6.54 Å². The van der Waals surface area contributed by atoms with Gasteiger partial charge in [-0.1, -0.05) is 12.8 Å². The molecule has 2 heterocycles. The molecule has 1 aliphatic heterocycles. The van der Waals surface area contributed by atoms with E-state index < -0.39 is 0 Å². The van der Waals surface area contributed by atoms with Gasteiger partial charge in [-0.2, -0.15) is 5.10 Å². The number of aromatic nitrogens is 2. The van der Waals surface area contributed by atoms with Crippen molar-refractivity contribution in [1.29, 1.82) is 0 Å². The summed E-state index contributed by atoms with van der Waals surface area (Å²) in [6, 6.07) is 1.35. The average Bonchev–Trinajstić information content (AvgIpc) is 2.77. The van der Waals surface area contributed by atoms with Gasteiger partial charge in [-0.05, 0) is 40.2 Å². The standard InChI is InChI=1S/C15H28N4/c1-12(2)19-11-14(10-17-19)15(9-16)18-8-6-4-5-7-13(18)3/h10-13,15H,4-9,16H2,1-3H3. The fraction of sp³-hybridized carbons (Fsp3) is 0.800. The summed E-state index contributed by atoms with van der Waals surface area (Å²) in [7, 11) is 0. The van der Waals surface area contributed by atoms with Gasteiger partial charge < -0.3 is 5.73 Å². The van der Waals surface area contributed by atoms with E-state index in [1.165, 1.54) is 31.2 Å². The van der Waals surface area contributed by atoms with E-state index in [-0.39, 0.29) is 0 Å². The predicted molar refractivity (Wildman–Crippen MR) is 79.0 cm³/mol. The van der Waals surface area contributed by atoms with Crippen LogP contribution in [0.15, 0.2) is 12.4 Å². The van der Waals surface area contributed by atoms with E-state index in [9.17, 15) is 0 Å².